The lowest BCUT2D eigenvalue weighted by molar-refractivity contribution is -0.202. The lowest BCUT2D eigenvalue weighted by Crippen LogP contribution is -2.62. The van der Waals surface area contributed by atoms with Gasteiger partial charge in [-0.3, -0.25) is 0 Å². The minimum atomic E-state index is -0.268. The minimum absolute atomic E-state index is 0.0889. The number of hydrogen-bond acceptors (Lipinski definition) is 6. The lowest BCUT2D eigenvalue weighted by Gasteiger charge is -2.56. The van der Waals surface area contributed by atoms with Gasteiger partial charge in [0, 0.05) is 38.0 Å². The van der Waals surface area contributed by atoms with Gasteiger partial charge < -0.3 is 29.3 Å². The summed E-state index contributed by atoms with van der Waals surface area (Å²) >= 11 is 0. The number of imidazole rings is 1. The van der Waals surface area contributed by atoms with E-state index >= 15 is 0 Å². The van der Waals surface area contributed by atoms with Crippen LogP contribution >= 0.6 is 0 Å². The summed E-state index contributed by atoms with van der Waals surface area (Å²) in [6.07, 6.45) is 2.44. The molecule has 0 radical (unpaired) electrons. The first-order chi connectivity index (χ1) is 13.5. The zero-order chi connectivity index (χ0) is 19.7. The Hall–Kier alpha value is -1.67. The van der Waals surface area contributed by atoms with E-state index in [0.717, 1.165) is 55.9 Å². The van der Waals surface area contributed by atoms with Gasteiger partial charge >= 0.3 is 0 Å². The van der Waals surface area contributed by atoms with E-state index in [-0.39, 0.29) is 24.2 Å². The molecule has 2 fully saturated rings. The number of rotatable bonds is 7. The molecule has 7 nitrogen and oxygen atoms in total. The van der Waals surface area contributed by atoms with Crippen LogP contribution in [0, 0.1) is 5.41 Å². The van der Waals surface area contributed by atoms with Gasteiger partial charge in [-0.2, -0.15) is 0 Å². The molecule has 2 heterocycles. The van der Waals surface area contributed by atoms with E-state index in [9.17, 15) is 10.2 Å². The number of hydrogen-bond donors (Lipinski definition) is 2. The van der Waals surface area contributed by atoms with Crippen molar-refractivity contribution in [3.63, 3.8) is 0 Å². The van der Waals surface area contributed by atoms with Gasteiger partial charge in [-0.05, 0) is 39.1 Å². The monoisotopic (exact) mass is 388 g/mol. The fourth-order valence-electron chi connectivity index (χ4n) is 4.74. The van der Waals surface area contributed by atoms with E-state index in [1.165, 1.54) is 0 Å². The lowest BCUT2D eigenvalue weighted by atomic mass is 9.58. The van der Waals surface area contributed by atoms with Crippen molar-refractivity contribution in [1.82, 2.24) is 14.5 Å². The fourth-order valence-corrected chi connectivity index (χ4v) is 4.74. The highest BCUT2D eigenvalue weighted by atomic mass is 16.5. The Morgan fingerprint density at radius 2 is 2.00 bits per heavy atom. The van der Waals surface area contributed by atoms with E-state index < -0.39 is 0 Å². The fraction of sp³-hybridized carbons (Fsp3) is 0.667. The van der Waals surface area contributed by atoms with Crippen LogP contribution in [0.2, 0.25) is 0 Å². The average molecular weight is 389 g/mol. The summed E-state index contributed by atoms with van der Waals surface area (Å²) in [4.78, 5) is 9.25. The van der Waals surface area contributed by atoms with Crippen molar-refractivity contribution in [2.24, 2.45) is 5.41 Å². The number of piperidine rings is 1. The Labute approximate surface area is 166 Å². The predicted molar refractivity (Wildman–Crippen MR) is 110 cm³/mol. The number of likely N-dealkylation sites (N-methyl/N-ethyl adjacent to an activating group) is 1. The third-order valence-corrected chi connectivity index (χ3v) is 6.53. The van der Waals surface area contributed by atoms with E-state index in [2.05, 4.69) is 20.4 Å². The summed E-state index contributed by atoms with van der Waals surface area (Å²) in [6, 6.07) is 8.07. The number of aliphatic hydroxyl groups excluding tert-OH is 2. The topological polar surface area (TPSA) is 74.0 Å². The molecule has 0 amide bonds. The maximum Gasteiger partial charge on any atom is 0.206 e. The van der Waals surface area contributed by atoms with Gasteiger partial charge in [0.15, 0.2) is 0 Å². The van der Waals surface area contributed by atoms with Gasteiger partial charge in [-0.25, -0.2) is 4.98 Å². The average Bonchev–Trinajstić information content (AvgIpc) is 3.06. The summed E-state index contributed by atoms with van der Waals surface area (Å²) in [7, 11) is 4.09. The Bertz CT molecular complexity index is 798. The summed E-state index contributed by atoms with van der Waals surface area (Å²) in [5, 5.41) is 20.1. The Kier molecular flexibility index (Phi) is 5.60. The molecule has 1 aromatic carbocycles. The van der Waals surface area contributed by atoms with Crippen LogP contribution in [0.3, 0.4) is 0 Å². The summed E-state index contributed by atoms with van der Waals surface area (Å²) in [6.45, 7) is 3.93. The van der Waals surface area contributed by atoms with Gasteiger partial charge in [0.1, 0.15) is 0 Å². The number of ether oxygens (including phenoxy) is 1. The Morgan fingerprint density at radius 3 is 2.68 bits per heavy atom. The van der Waals surface area contributed by atoms with Gasteiger partial charge in [0.25, 0.3) is 0 Å². The molecule has 2 N–H and O–H groups in total. The molecule has 1 aliphatic heterocycles. The van der Waals surface area contributed by atoms with Crippen LogP contribution < -0.4 is 4.90 Å². The zero-order valence-electron chi connectivity index (χ0n) is 16.9. The molecule has 1 saturated carbocycles. The standard InChI is InChI=1S/C21H32N4O3/c1-23(2)12-14-28-19-15-18(27)21(19)7-9-24(10-8-21)20-22-16-5-3-4-6-17(16)25(20)11-13-26/h3-6,18-19,26-27H,7-15H2,1-2H3/t18-,19+/m1/s1. The van der Waals surface area contributed by atoms with Crippen LogP contribution in [0.4, 0.5) is 5.95 Å². The summed E-state index contributed by atoms with van der Waals surface area (Å²) in [5.41, 5.74) is 1.90. The minimum Gasteiger partial charge on any atom is -0.395 e. The molecule has 0 unspecified atom stereocenters. The molecule has 1 aliphatic carbocycles. The van der Waals surface area contributed by atoms with Gasteiger partial charge in [-0.15, -0.1) is 0 Å². The quantitative estimate of drug-likeness (QED) is 0.745. The van der Waals surface area contributed by atoms with Crippen molar-refractivity contribution in [3.05, 3.63) is 24.3 Å². The molecule has 2 aliphatic rings. The van der Waals surface area contributed by atoms with Crippen LogP contribution in [0.5, 0.6) is 0 Å². The summed E-state index contributed by atoms with van der Waals surface area (Å²) in [5.74, 6) is 0.920. The van der Waals surface area contributed by atoms with Gasteiger partial charge in [0.2, 0.25) is 5.95 Å². The second-order valence-corrected chi connectivity index (χ2v) is 8.41. The molecular formula is C21H32N4O3. The molecule has 28 heavy (non-hydrogen) atoms. The van der Waals surface area contributed by atoms with Gasteiger partial charge in [0.05, 0.1) is 36.5 Å². The molecule has 1 spiro atoms. The van der Waals surface area contributed by atoms with Crippen LogP contribution in [0.25, 0.3) is 11.0 Å². The largest absolute Gasteiger partial charge is 0.395 e. The molecule has 0 bridgehead atoms. The molecule has 1 aromatic heterocycles. The van der Waals surface area contributed by atoms with Crippen molar-refractivity contribution in [3.8, 4) is 0 Å². The van der Waals surface area contributed by atoms with E-state index in [1.807, 2.05) is 32.3 Å². The second-order valence-electron chi connectivity index (χ2n) is 8.41. The number of aromatic nitrogens is 2. The maximum absolute atomic E-state index is 10.5. The Balaban J connectivity index is 1.47. The number of benzene rings is 1. The van der Waals surface area contributed by atoms with E-state index in [1.54, 1.807) is 0 Å². The first kappa shape index (κ1) is 19.6. The molecule has 2 atom stereocenters. The van der Waals surface area contributed by atoms with E-state index in [0.29, 0.717) is 13.2 Å². The SMILES string of the molecule is CN(C)CCO[C@H]1C[C@@H](O)C12CCN(c1nc3ccccc3n1CCO)CC2. The molecule has 7 heteroatoms. The summed E-state index contributed by atoms with van der Waals surface area (Å²) < 4.78 is 8.24. The highest BCUT2D eigenvalue weighted by molar-refractivity contribution is 5.78. The van der Waals surface area contributed by atoms with Crippen LogP contribution in [-0.4, -0.2) is 83.8 Å². The Morgan fingerprint density at radius 1 is 1.25 bits per heavy atom. The number of aliphatic hydroxyl groups is 2. The normalized spacial score (nSPS) is 24.2. The van der Waals surface area contributed by atoms with Crippen molar-refractivity contribution >= 4 is 17.0 Å². The molecule has 2 aromatic rings. The van der Waals surface area contributed by atoms with Crippen LogP contribution in [0.15, 0.2) is 24.3 Å². The van der Waals surface area contributed by atoms with Crippen molar-refractivity contribution in [2.75, 3.05) is 51.8 Å². The van der Waals surface area contributed by atoms with E-state index in [4.69, 9.17) is 9.72 Å². The number of nitrogens with zero attached hydrogens (tertiary/aromatic N) is 4. The number of para-hydroxylation sites is 2. The second kappa shape index (κ2) is 7.99. The smallest absolute Gasteiger partial charge is 0.206 e. The molecule has 154 valence electrons. The number of anilines is 1. The third-order valence-electron chi connectivity index (χ3n) is 6.53. The highest BCUT2D eigenvalue weighted by Crippen LogP contribution is 2.51. The predicted octanol–water partition coefficient (Wildman–Crippen LogP) is 1.33. The van der Waals surface area contributed by atoms with Gasteiger partial charge in [-0.1, -0.05) is 12.1 Å². The third kappa shape index (κ3) is 3.41. The zero-order valence-corrected chi connectivity index (χ0v) is 16.9. The molecule has 4 rings (SSSR count). The molecular weight excluding hydrogens is 356 g/mol. The van der Waals surface area contributed by atoms with Crippen molar-refractivity contribution in [2.45, 2.75) is 38.0 Å². The van der Waals surface area contributed by atoms with Crippen molar-refractivity contribution < 1.29 is 14.9 Å². The number of fused-ring (bicyclic) bond motifs is 1. The van der Waals surface area contributed by atoms with Crippen LogP contribution in [0.1, 0.15) is 19.3 Å². The first-order valence-electron chi connectivity index (χ1n) is 10.3. The van der Waals surface area contributed by atoms with Crippen LogP contribution in [-0.2, 0) is 11.3 Å². The first-order valence-corrected chi connectivity index (χ1v) is 10.3. The van der Waals surface area contributed by atoms with Crippen molar-refractivity contribution in [1.29, 1.82) is 0 Å². The maximum atomic E-state index is 10.5. The molecule has 1 saturated heterocycles. The highest BCUT2D eigenvalue weighted by Gasteiger charge is 2.56.